The number of hydrogen-bond donors (Lipinski definition) is 0. The van der Waals surface area contributed by atoms with Crippen molar-refractivity contribution >= 4 is 156 Å². The van der Waals surface area contributed by atoms with E-state index in [-0.39, 0.29) is 13.7 Å². The first-order valence-corrected chi connectivity index (χ1v) is 26.7. The minimum Gasteiger partial charge on any atom is -0.375 e. The van der Waals surface area contributed by atoms with E-state index in [1.54, 1.807) is 0 Å². The highest BCUT2D eigenvalue weighted by Crippen LogP contribution is 2.56. The van der Waals surface area contributed by atoms with Crippen LogP contribution in [0.1, 0.15) is 0 Å². The zero-order valence-corrected chi connectivity index (χ0v) is 41.0. The van der Waals surface area contributed by atoms with Gasteiger partial charge in [0.2, 0.25) is 0 Å². The van der Waals surface area contributed by atoms with Crippen LogP contribution >= 0.6 is 0 Å². The molecule has 6 heteroatoms. The van der Waals surface area contributed by atoms with Crippen molar-refractivity contribution in [2.24, 2.45) is 0 Å². The molecule has 0 radical (unpaired) electrons. The summed E-state index contributed by atoms with van der Waals surface area (Å²) in [5, 5.41) is 15.2. The van der Waals surface area contributed by atoms with Crippen LogP contribution in [0.15, 0.2) is 243 Å². The molecule has 4 aliphatic rings. The molecule has 4 aliphatic heterocycles. The monoisotopic (exact) mass is 958 g/mol. The second kappa shape index (κ2) is 14.1. The van der Waals surface area contributed by atoms with E-state index >= 15 is 0 Å². The number of fused-ring (bicyclic) bond motifs is 21. The Morgan fingerprint density at radius 2 is 0.711 bits per heavy atom. The van der Waals surface area contributed by atoms with E-state index in [1.165, 1.54) is 154 Å². The summed E-state index contributed by atoms with van der Waals surface area (Å²) in [7, 11) is 0. The molecule has 2 aromatic heterocycles. The molecule has 0 amide bonds. The number of aromatic nitrogens is 2. The first-order chi connectivity index (χ1) is 37.7. The predicted octanol–water partition coefficient (Wildman–Crippen LogP) is 15.4. The van der Waals surface area contributed by atoms with E-state index in [2.05, 4.69) is 261 Å². The molecular formula is C70H40B2N4. The van der Waals surface area contributed by atoms with Crippen molar-refractivity contribution in [3.63, 3.8) is 0 Å². The Bertz CT molecular complexity index is 5180. The summed E-state index contributed by atoms with van der Waals surface area (Å²) in [4.78, 5) is 5.14. The van der Waals surface area contributed by atoms with Gasteiger partial charge in [-0.3, -0.25) is 0 Å². The molecule has 76 heavy (non-hydrogen) atoms. The van der Waals surface area contributed by atoms with Crippen molar-refractivity contribution in [1.29, 1.82) is 0 Å². The van der Waals surface area contributed by atoms with Gasteiger partial charge in [0.1, 0.15) is 0 Å². The fourth-order valence-corrected chi connectivity index (χ4v) is 15.0. The Morgan fingerprint density at radius 3 is 1.30 bits per heavy atom. The molecule has 15 aromatic rings. The molecule has 0 N–H and O–H groups in total. The van der Waals surface area contributed by atoms with Crippen molar-refractivity contribution in [2.75, 3.05) is 9.80 Å². The number of nitrogens with zero attached hydrogens (tertiary/aromatic N) is 4. The fraction of sp³-hybridized carbons (Fsp3) is 0. The normalized spacial score (nSPS) is 13.7. The summed E-state index contributed by atoms with van der Waals surface area (Å²) >= 11 is 0. The van der Waals surface area contributed by atoms with Crippen molar-refractivity contribution in [2.45, 2.75) is 0 Å². The van der Waals surface area contributed by atoms with Gasteiger partial charge in [-0.05, 0) is 137 Å². The molecular weight excluding hydrogens is 918 g/mol. The van der Waals surface area contributed by atoms with Gasteiger partial charge in [0, 0.05) is 88.9 Å². The second-order valence-corrected chi connectivity index (χ2v) is 21.5. The third-order valence-corrected chi connectivity index (χ3v) is 17.9. The molecule has 4 nitrogen and oxygen atoms in total. The summed E-state index contributed by atoms with van der Waals surface area (Å²) in [6.07, 6.45) is 0. The molecule has 19 rings (SSSR count). The van der Waals surface area contributed by atoms with Crippen LogP contribution in [0, 0.1) is 0 Å². The van der Waals surface area contributed by atoms with Gasteiger partial charge in [0.05, 0.1) is 0 Å². The minimum absolute atomic E-state index is 0.0990. The SMILES string of the molecule is c1cc2c3c(c1)N(c1ccc4ccccc4c1)c1cc4ccccc4cc1B3n1c3ccccc3c3c4c5c(c-2c31)c1ccccc1n5B1c2c-4cccc2N(c2ccc3ccccc3c2)c2ccc3ccccc3c21. The van der Waals surface area contributed by atoms with Crippen LogP contribution in [-0.4, -0.2) is 22.7 Å². The fourth-order valence-electron chi connectivity index (χ4n) is 15.0. The van der Waals surface area contributed by atoms with Crippen LogP contribution in [-0.2, 0) is 0 Å². The first kappa shape index (κ1) is 39.7. The maximum absolute atomic E-state index is 2.78. The number of rotatable bonds is 2. The largest absolute Gasteiger partial charge is 0.375 e. The number of benzene rings is 13. The third kappa shape index (κ3) is 4.80. The van der Waals surface area contributed by atoms with E-state index in [0.29, 0.717) is 0 Å². The van der Waals surface area contributed by atoms with Crippen molar-refractivity contribution in [3.05, 3.63) is 243 Å². The lowest BCUT2D eigenvalue weighted by molar-refractivity contribution is 1.26. The van der Waals surface area contributed by atoms with Crippen molar-refractivity contribution < 1.29 is 0 Å². The van der Waals surface area contributed by atoms with Gasteiger partial charge in [-0.1, -0.05) is 182 Å². The van der Waals surface area contributed by atoms with Crippen LogP contribution in [0.4, 0.5) is 34.1 Å². The van der Waals surface area contributed by atoms with E-state index < -0.39 is 0 Å². The molecule has 13 aromatic carbocycles. The zero-order valence-electron chi connectivity index (χ0n) is 41.0. The van der Waals surface area contributed by atoms with E-state index in [0.717, 1.165) is 11.4 Å². The van der Waals surface area contributed by atoms with Crippen LogP contribution in [0.5, 0.6) is 0 Å². The maximum atomic E-state index is 2.78. The van der Waals surface area contributed by atoms with Gasteiger partial charge in [0.15, 0.2) is 0 Å². The van der Waals surface area contributed by atoms with E-state index in [1.807, 2.05) is 0 Å². The van der Waals surface area contributed by atoms with Gasteiger partial charge >= 0.3 is 13.7 Å². The molecule has 0 spiro atoms. The molecule has 6 heterocycles. The van der Waals surface area contributed by atoms with Gasteiger partial charge in [-0.15, -0.1) is 0 Å². The Morgan fingerprint density at radius 1 is 0.276 bits per heavy atom. The summed E-state index contributed by atoms with van der Waals surface area (Å²) in [6, 6.07) is 92.1. The van der Waals surface area contributed by atoms with Crippen molar-refractivity contribution in [3.8, 4) is 22.3 Å². The Balaban J connectivity index is 1.00. The zero-order chi connectivity index (χ0) is 49.1. The summed E-state index contributed by atoms with van der Waals surface area (Å²) in [5.41, 5.74) is 22.9. The molecule has 0 unspecified atom stereocenters. The highest BCUT2D eigenvalue weighted by atomic mass is 15.2. The molecule has 0 fully saturated rings. The van der Waals surface area contributed by atoms with Crippen LogP contribution in [0.2, 0.25) is 0 Å². The predicted molar refractivity (Wildman–Crippen MR) is 324 cm³/mol. The molecule has 0 saturated carbocycles. The average Bonchev–Trinajstić information content (AvgIpc) is 3.73. The maximum Gasteiger partial charge on any atom is 0.333 e. The number of hydrogen-bond acceptors (Lipinski definition) is 2. The van der Waals surface area contributed by atoms with Crippen LogP contribution in [0.3, 0.4) is 0 Å². The van der Waals surface area contributed by atoms with E-state index in [4.69, 9.17) is 0 Å². The Kier molecular flexibility index (Phi) is 7.36. The number of anilines is 6. The summed E-state index contributed by atoms with van der Waals surface area (Å²) in [5.74, 6) is 0. The average molecular weight is 959 g/mol. The van der Waals surface area contributed by atoms with Crippen LogP contribution < -0.4 is 31.7 Å². The van der Waals surface area contributed by atoms with Gasteiger partial charge in [-0.2, -0.15) is 0 Å². The van der Waals surface area contributed by atoms with E-state index in [9.17, 15) is 0 Å². The minimum atomic E-state index is -0.110. The summed E-state index contributed by atoms with van der Waals surface area (Å²) < 4.78 is 5.55. The molecule has 0 atom stereocenters. The lowest BCUT2D eigenvalue weighted by atomic mass is 9.44. The summed E-state index contributed by atoms with van der Waals surface area (Å²) in [6.45, 7) is -0.209. The lowest BCUT2D eigenvalue weighted by Crippen LogP contribution is -2.57. The smallest absolute Gasteiger partial charge is 0.333 e. The first-order valence-electron chi connectivity index (χ1n) is 26.7. The molecule has 0 bridgehead atoms. The van der Waals surface area contributed by atoms with Crippen molar-refractivity contribution in [1.82, 2.24) is 8.96 Å². The molecule has 0 aliphatic carbocycles. The second-order valence-electron chi connectivity index (χ2n) is 21.5. The topological polar surface area (TPSA) is 16.3 Å². The molecule has 346 valence electrons. The molecule has 0 saturated heterocycles. The quantitative estimate of drug-likeness (QED) is 0.161. The Labute approximate surface area is 437 Å². The highest BCUT2D eigenvalue weighted by molar-refractivity contribution is 6.93. The highest BCUT2D eigenvalue weighted by Gasteiger charge is 2.48. The number of para-hydroxylation sites is 2. The van der Waals surface area contributed by atoms with Gasteiger partial charge < -0.3 is 18.8 Å². The lowest BCUT2D eigenvalue weighted by Gasteiger charge is -2.42. The standard InChI is InChI=1S/C70H40B2N4/c1-3-18-44-37-48(34-31-41(44)15-1)73-59-30-14-26-54-65-62-51-23-9-11-27-56(51)75-69(62)64(63-52-24-10-12-28-57(52)76(70(63)65)72(68(54)59)66-50-22-8-7-17-43(50)33-36-60(66)73)53-25-13-29-58-67(53)71(75)55-39-46-20-5-6-21-47(46)40-61(55)74(58)49-35-32-42-16-2-4-19-45(42)38-49/h1-40H. The van der Waals surface area contributed by atoms with Gasteiger partial charge in [-0.25, -0.2) is 0 Å². The van der Waals surface area contributed by atoms with Gasteiger partial charge in [0.25, 0.3) is 0 Å². The third-order valence-electron chi connectivity index (χ3n) is 17.9. The Hall–Kier alpha value is -9.77. The van der Waals surface area contributed by atoms with Crippen LogP contribution in [0.25, 0.3) is 109 Å².